The van der Waals surface area contributed by atoms with E-state index in [1.807, 2.05) is 36.2 Å². The number of amides is 1. The molecule has 6 nitrogen and oxygen atoms in total. The Morgan fingerprint density at radius 3 is 2.67 bits per heavy atom. The highest BCUT2D eigenvalue weighted by atomic mass is 16.2. The minimum atomic E-state index is -0.00615. The van der Waals surface area contributed by atoms with Crippen molar-refractivity contribution in [1.82, 2.24) is 24.6 Å². The van der Waals surface area contributed by atoms with Gasteiger partial charge in [0.2, 0.25) is 0 Å². The second kappa shape index (κ2) is 7.32. The second-order valence-corrected chi connectivity index (χ2v) is 7.08. The SMILES string of the molecule is CN(CC1Cc2ccccc2CN1C)C(=O)c1ccccc1-n1cncn1. The van der Waals surface area contributed by atoms with E-state index in [1.165, 1.54) is 17.5 Å². The standard InChI is InChI=1S/C21H23N5O/c1-24-12-17-8-4-3-7-16(17)11-18(24)13-25(2)21(27)19-9-5-6-10-20(19)26-15-22-14-23-26/h3-10,14-15,18H,11-13H2,1-2H3. The smallest absolute Gasteiger partial charge is 0.255 e. The maximum Gasteiger partial charge on any atom is 0.255 e. The largest absolute Gasteiger partial charge is 0.340 e. The topological polar surface area (TPSA) is 54.3 Å². The van der Waals surface area contributed by atoms with E-state index in [2.05, 4.69) is 46.3 Å². The van der Waals surface area contributed by atoms with Crippen LogP contribution in [0.15, 0.2) is 61.2 Å². The number of aromatic nitrogens is 3. The van der Waals surface area contributed by atoms with Gasteiger partial charge in [-0.1, -0.05) is 36.4 Å². The average Bonchev–Trinajstić information content (AvgIpc) is 3.22. The summed E-state index contributed by atoms with van der Waals surface area (Å²) in [5, 5.41) is 4.17. The number of likely N-dealkylation sites (N-methyl/N-ethyl adjacent to an activating group) is 2. The van der Waals surface area contributed by atoms with Crippen molar-refractivity contribution < 1.29 is 4.79 Å². The van der Waals surface area contributed by atoms with Crippen LogP contribution in [0.2, 0.25) is 0 Å². The van der Waals surface area contributed by atoms with E-state index in [0.29, 0.717) is 18.2 Å². The normalized spacial score (nSPS) is 16.7. The fourth-order valence-corrected chi connectivity index (χ4v) is 3.71. The third-order valence-corrected chi connectivity index (χ3v) is 5.25. The first kappa shape index (κ1) is 17.4. The van der Waals surface area contributed by atoms with Gasteiger partial charge in [0.1, 0.15) is 12.7 Å². The summed E-state index contributed by atoms with van der Waals surface area (Å²) in [7, 11) is 4.00. The Morgan fingerprint density at radius 2 is 1.89 bits per heavy atom. The lowest BCUT2D eigenvalue weighted by molar-refractivity contribution is 0.0733. The fraction of sp³-hybridized carbons (Fsp3) is 0.286. The molecule has 0 saturated heterocycles. The summed E-state index contributed by atoms with van der Waals surface area (Å²) in [6, 6.07) is 16.4. The number of fused-ring (bicyclic) bond motifs is 1. The van der Waals surface area contributed by atoms with Gasteiger partial charge in [0.25, 0.3) is 5.91 Å². The zero-order valence-corrected chi connectivity index (χ0v) is 15.6. The number of para-hydroxylation sites is 1. The third kappa shape index (κ3) is 3.48. The van der Waals surface area contributed by atoms with E-state index in [0.717, 1.165) is 18.7 Å². The van der Waals surface area contributed by atoms with Gasteiger partial charge < -0.3 is 4.90 Å². The number of nitrogens with zero attached hydrogens (tertiary/aromatic N) is 5. The summed E-state index contributed by atoms with van der Waals surface area (Å²) in [5.74, 6) is -0.00615. The quantitative estimate of drug-likeness (QED) is 0.716. The molecule has 1 atom stereocenters. The molecule has 0 spiro atoms. The van der Waals surface area contributed by atoms with Gasteiger partial charge in [-0.05, 0) is 36.7 Å². The molecule has 2 aromatic carbocycles. The Hall–Kier alpha value is -2.99. The molecule has 1 aliphatic heterocycles. The van der Waals surface area contributed by atoms with Crippen LogP contribution in [-0.4, -0.2) is 57.2 Å². The first-order valence-corrected chi connectivity index (χ1v) is 9.10. The second-order valence-electron chi connectivity index (χ2n) is 7.08. The van der Waals surface area contributed by atoms with E-state index in [4.69, 9.17) is 0 Å². The Bertz CT molecular complexity index is 937. The maximum atomic E-state index is 13.1. The van der Waals surface area contributed by atoms with Crippen molar-refractivity contribution in [2.75, 3.05) is 20.6 Å². The van der Waals surface area contributed by atoms with Gasteiger partial charge in [-0.2, -0.15) is 5.10 Å². The van der Waals surface area contributed by atoms with Crippen LogP contribution < -0.4 is 0 Å². The molecule has 1 unspecified atom stereocenters. The van der Waals surface area contributed by atoms with Crippen molar-refractivity contribution in [3.63, 3.8) is 0 Å². The Labute approximate surface area is 159 Å². The number of hydrogen-bond donors (Lipinski definition) is 0. The lowest BCUT2D eigenvalue weighted by atomic mass is 9.94. The number of carbonyl (C=O) groups excluding carboxylic acids is 1. The van der Waals surface area contributed by atoms with Gasteiger partial charge in [0.15, 0.2) is 0 Å². The van der Waals surface area contributed by atoms with E-state index >= 15 is 0 Å². The van der Waals surface area contributed by atoms with Crippen molar-refractivity contribution in [1.29, 1.82) is 0 Å². The number of rotatable bonds is 4. The van der Waals surface area contributed by atoms with Crippen molar-refractivity contribution >= 4 is 5.91 Å². The van der Waals surface area contributed by atoms with Crippen LogP contribution in [0, 0.1) is 0 Å². The zero-order valence-electron chi connectivity index (χ0n) is 15.6. The van der Waals surface area contributed by atoms with Crippen molar-refractivity contribution in [2.24, 2.45) is 0 Å². The molecule has 0 bridgehead atoms. The molecule has 4 rings (SSSR count). The van der Waals surface area contributed by atoms with Gasteiger partial charge in [-0.3, -0.25) is 9.69 Å². The molecule has 0 N–H and O–H groups in total. The van der Waals surface area contributed by atoms with Crippen LogP contribution in [0.4, 0.5) is 0 Å². The molecule has 1 aromatic heterocycles. The average molecular weight is 361 g/mol. The lowest BCUT2D eigenvalue weighted by Crippen LogP contribution is -2.46. The Kier molecular flexibility index (Phi) is 4.73. The molecule has 0 saturated carbocycles. The van der Waals surface area contributed by atoms with Crippen molar-refractivity contribution in [2.45, 2.75) is 19.0 Å². The van der Waals surface area contributed by atoms with Crippen LogP contribution in [0.1, 0.15) is 21.5 Å². The van der Waals surface area contributed by atoms with Crippen molar-refractivity contribution in [3.8, 4) is 5.69 Å². The summed E-state index contributed by atoms with van der Waals surface area (Å²) in [5.41, 5.74) is 4.13. The molecular weight excluding hydrogens is 338 g/mol. The summed E-state index contributed by atoms with van der Waals surface area (Å²) >= 11 is 0. The molecule has 0 aliphatic carbocycles. The van der Waals surface area contributed by atoms with Gasteiger partial charge >= 0.3 is 0 Å². The molecule has 0 radical (unpaired) electrons. The van der Waals surface area contributed by atoms with E-state index in [1.54, 1.807) is 11.0 Å². The first-order chi connectivity index (χ1) is 13.1. The highest BCUT2D eigenvalue weighted by Gasteiger charge is 2.26. The monoisotopic (exact) mass is 361 g/mol. The molecule has 2 heterocycles. The fourth-order valence-electron chi connectivity index (χ4n) is 3.71. The maximum absolute atomic E-state index is 13.1. The Morgan fingerprint density at radius 1 is 1.15 bits per heavy atom. The number of carbonyl (C=O) groups is 1. The summed E-state index contributed by atoms with van der Waals surface area (Å²) in [6.45, 7) is 1.59. The molecule has 3 aromatic rings. The zero-order chi connectivity index (χ0) is 18.8. The van der Waals surface area contributed by atoms with Gasteiger partial charge in [0.05, 0.1) is 11.3 Å². The molecule has 6 heteroatoms. The van der Waals surface area contributed by atoms with Crippen LogP contribution in [0.3, 0.4) is 0 Å². The van der Waals surface area contributed by atoms with Gasteiger partial charge in [-0.15, -0.1) is 0 Å². The van der Waals surface area contributed by atoms with Crippen molar-refractivity contribution in [3.05, 3.63) is 77.9 Å². The van der Waals surface area contributed by atoms with E-state index < -0.39 is 0 Å². The van der Waals surface area contributed by atoms with Crippen LogP contribution >= 0.6 is 0 Å². The molecule has 1 aliphatic rings. The highest BCUT2D eigenvalue weighted by Crippen LogP contribution is 2.23. The Balaban J connectivity index is 1.53. The molecule has 0 fully saturated rings. The first-order valence-electron chi connectivity index (χ1n) is 9.10. The predicted octanol–water partition coefficient (Wildman–Crippen LogP) is 2.40. The molecule has 1 amide bonds. The number of benzene rings is 2. The van der Waals surface area contributed by atoms with Gasteiger partial charge in [-0.25, -0.2) is 9.67 Å². The lowest BCUT2D eigenvalue weighted by Gasteiger charge is -2.36. The molecule has 138 valence electrons. The van der Waals surface area contributed by atoms with E-state index in [9.17, 15) is 4.79 Å². The third-order valence-electron chi connectivity index (χ3n) is 5.25. The van der Waals surface area contributed by atoms with Crippen LogP contribution in [-0.2, 0) is 13.0 Å². The van der Waals surface area contributed by atoms with E-state index in [-0.39, 0.29) is 5.91 Å². The highest BCUT2D eigenvalue weighted by molar-refractivity contribution is 5.97. The summed E-state index contributed by atoms with van der Waals surface area (Å²) in [4.78, 5) is 21.3. The van der Waals surface area contributed by atoms with Gasteiger partial charge in [0, 0.05) is 26.2 Å². The van der Waals surface area contributed by atoms with Crippen LogP contribution in [0.5, 0.6) is 0 Å². The molecular formula is C21H23N5O. The molecule has 27 heavy (non-hydrogen) atoms. The minimum Gasteiger partial charge on any atom is -0.340 e. The number of hydrogen-bond acceptors (Lipinski definition) is 4. The summed E-state index contributed by atoms with van der Waals surface area (Å²) in [6.07, 6.45) is 4.03. The van der Waals surface area contributed by atoms with Crippen LogP contribution in [0.25, 0.3) is 5.69 Å². The predicted molar refractivity (Wildman–Crippen MR) is 104 cm³/mol. The minimum absolute atomic E-state index is 0.00615. The summed E-state index contributed by atoms with van der Waals surface area (Å²) < 4.78 is 1.63.